The highest BCUT2D eigenvalue weighted by Crippen LogP contribution is 2.76. The first-order chi connectivity index (χ1) is 20.9. The Hall–Kier alpha value is -0.910. The van der Waals surface area contributed by atoms with E-state index in [2.05, 4.69) is 34.6 Å². The van der Waals surface area contributed by atoms with E-state index in [0.717, 1.165) is 44.8 Å². The van der Waals surface area contributed by atoms with Gasteiger partial charge >= 0.3 is 0 Å². The molecule has 4 aliphatic carbocycles. The van der Waals surface area contributed by atoms with Gasteiger partial charge < -0.3 is 40.1 Å². The van der Waals surface area contributed by atoms with Crippen LogP contribution in [0, 0.1) is 45.3 Å². The Kier molecular flexibility index (Phi) is 9.60. The van der Waals surface area contributed by atoms with Gasteiger partial charge in [0.05, 0.1) is 24.4 Å². The predicted molar refractivity (Wildman–Crippen MR) is 169 cm³/mol. The predicted octanol–water partition coefficient (Wildman–Crippen LogP) is 3.50. The molecule has 1 heterocycles. The van der Waals surface area contributed by atoms with Crippen molar-refractivity contribution >= 4 is 6.29 Å². The average molecular weight is 637 g/mol. The van der Waals surface area contributed by atoms with Crippen molar-refractivity contribution in [3.63, 3.8) is 0 Å². The fourth-order valence-electron chi connectivity index (χ4n) is 11.8. The van der Waals surface area contributed by atoms with E-state index in [0.29, 0.717) is 24.8 Å². The second-order valence-electron chi connectivity index (χ2n) is 17.1. The van der Waals surface area contributed by atoms with Gasteiger partial charge in [-0.05, 0) is 123 Å². The average Bonchev–Trinajstić information content (AvgIpc) is 3.36. The van der Waals surface area contributed by atoms with Crippen LogP contribution in [0.4, 0.5) is 0 Å². The molecule has 15 atom stereocenters. The number of rotatable bonds is 8. The fraction of sp³-hybridized carbons (Fsp3) is 0.917. The number of aliphatic hydroxyl groups is 6. The summed E-state index contributed by atoms with van der Waals surface area (Å²) in [7, 11) is 0. The van der Waals surface area contributed by atoms with Gasteiger partial charge in [0.25, 0.3) is 0 Å². The first kappa shape index (κ1) is 35.4. The minimum Gasteiger partial charge on any atom is -0.394 e. The van der Waals surface area contributed by atoms with Crippen LogP contribution in [0.5, 0.6) is 0 Å². The van der Waals surface area contributed by atoms with Gasteiger partial charge in [-0.3, -0.25) is 4.79 Å². The third kappa shape index (κ3) is 5.49. The van der Waals surface area contributed by atoms with Gasteiger partial charge in [-0.25, -0.2) is 0 Å². The Morgan fingerprint density at radius 2 is 1.60 bits per heavy atom. The monoisotopic (exact) mass is 636 g/mol. The summed E-state index contributed by atoms with van der Waals surface area (Å²) in [6.45, 7) is 14.9. The molecule has 0 unspecified atom stereocenters. The van der Waals surface area contributed by atoms with Crippen LogP contribution in [0.3, 0.4) is 0 Å². The summed E-state index contributed by atoms with van der Waals surface area (Å²) in [4.78, 5) is 11.1. The standard InChI is InChI=1S/C36H60O9/c1-20(18-37)9-8-13-36(7,43)21-10-15-35(6)27(21)22(39)17-25-33(4)14-12-26(32(2,3)24(33)11-16-34(25,35)5)45-31-30(42)29(41)28(40)23(19-38)44-31/h9,18,21-31,38-43H,8,10-17,19H2,1-7H3/b20-9+/t21-,22+,23+,24-,25+,26-,27-,28+,29-,30+,31-,33-,34+,35+,36-/m0/s1. The van der Waals surface area contributed by atoms with Crippen LogP contribution in [0.15, 0.2) is 11.6 Å². The van der Waals surface area contributed by atoms with Gasteiger partial charge in [0, 0.05) is 0 Å². The normalized spacial score (nSPS) is 51.0. The molecule has 9 nitrogen and oxygen atoms in total. The number of aldehydes is 1. The minimum absolute atomic E-state index is 0.00363. The minimum atomic E-state index is -1.47. The lowest BCUT2D eigenvalue weighted by molar-refractivity contribution is -0.332. The van der Waals surface area contributed by atoms with Crippen molar-refractivity contribution in [1.29, 1.82) is 0 Å². The van der Waals surface area contributed by atoms with E-state index in [1.165, 1.54) is 0 Å². The SMILES string of the molecule is C/C(C=O)=C\CC[C@](C)(O)[C@H]1CC[C@]2(C)[C@@H]1[C@H](O)C[C@@H]1[C@@]3(C)CC[C@H](O[C@@H]4O[C@H](CO)[C@@H](O)[C@H](O)[C@H]4O)C(C)(C)[C@@H]3CC[C@]12C. The zero-order valence-corrected chi connectivity index (χ0v) is 28.5. The molecule has 0 bridgehead atoms. The summed E-state index contributed by atoms with van der Waals surface area (Å²) in [5.41, 5.74) is -0.752. The third-order valence-corrected chi connectivity index (χ3v) is 14.6. The molecule has 45 heavy (non-hydrogen) atoms. The zero-order chi connectivity index (χ0) is 33.3. The lowest BCUT2D eigenvalue weighted by atomic mass is 9.35. The lowest BCUT2D eigenvalue weighted by Gasteiger charge is -2.70. The van der Waals surface area contributed by atoms with E-state index in [1.54, 1.807) is 6.92 Å². The smallest absolute Gasteiger partial charge is 0.186 e. The maximum atomic E-state index is 12.0. The van der Waals surface area contributed by atoms with Crippen molar-refractivity contribution in [2.45, 2.75) is 155 Å². The van der Waals surface area contributed by atoms with E-state index in [-0.39, 0.29) is 51.4 Å². The molecule has 1 aliphatic heterocycles. The van der Waals surface area contributed by atoms with Crippen molar-refractivity contribution < 1.29 is 44.9 Å². The van der Waals surface area contributed by atoms with Gasteiger partial charge in [0.15, 0.2) is 6.29 Å². The molecule has 5 fully saturated rings. The van der Waals surface area contributed by atoms with E-state index in [9.17, 15) is 35.4 Å². The van der Waals surface area contributed by atoms with Crippen LogP contribution in [-0.2, 0) is 14.3 Å². The Morgan fingerprint density at radius 3 is 2.24 bits per heavy atom. The van der Waals surface area contributed by atoms with Crippen molar-refractivity contribution in [2.75, 3.05) is 6.61 Å². The number of carbonyl (C=O) groups excluding carboxylic acids is 1. The molecule has 0 amide bonds. The summed E-state index contributed by atoms with van der Waals surface area (Å²) < 4.78 is 12.2. The van der Waals surface area contributed by atoms with E-state index < -0.39 is 49.0 Å². The number of allylic oxidation sites excluding steroid dienone is 2. The maximum Gasteiger partial charge on any atom is 0.186 e. The molecule has 0 aromatic carbocycles. The van der Waals surface area contributed by atoms with E-state index in [4.69, 9.17) is 9.47 Å². The molecule has 5 aliphatic rings. The summed E-state index contributed by atoms with van der Waals surface area (Å²) in [6, 6.07) is 0. The van der Waals surface area contributed by atoms with Gasteiger partial charge in [0.1, 0.15) is 30.7 Å². The zero-order valence-electron chi connectivity index (χ0n) is 28.5. The van der Waals surface area contributed by atoms with Crippen LogP contribution in [-0.4, -0.2) is 92.0 Å². The number of hydrogen-bond donors (Lipinski definition) is 6. The number of ether oxygens (including phenoxy) is 2. The largest absolute Gasteiger partial charge is 0.394 e. The molecule has 0 aromatic rings. The Labute approximate surface area is 269 Å². The summed E-state index contributed by atoms with van der Waals surface area (Å²) in [6.07, 6.45) is 2.86. The molecule has 5 rings (SSSR count). The molecule has 0 aromatic heterocycles. The number of hydrogen-bond acceptors (Lipinski definition) is 9. The molecular formula is C36H60O9. The van der Waals surface area contributed by atoms with Gasteiger partial charge in [-0.15, -0.1) is 0 Å². The van der Waals surface area contributed by atoms with E-state index in [1.807, 2.05) is 13.0 Å². The van der Waals surface area contributed by atoms with Crippen LogP contribution in [0.1, 0.15) is 106 Å². The van der Waals surface area contributed by atoms with Crippen LogP contribution < -0.4 is 0 Å². The molecule has 6 N–H and O–H groups in total. The number of aliphatic hydroxyl groups excluding tert-OH is 5. The molecule has 4 saturated carbocycles. The number of fused-ring (bicyclic) bond motifs is 5. The highest BCUT2D eigenvalue weighted by Gasteiger charge is 2.71. The Morgan fingerprint density at radius 1 is 0.933 bits per heavy atom. The quantitative estimate of drug-likeness (QED) is 0.133. The first-order valence-electron chi connectivity index (χ1n) is 17.4. The molecule has 0 radical (unpaired) electrons. The van der Waals surface area contributed by atoms with Gasteiger partial charge in [-0.2, -0.15) is 0 Å². The van der Waals surface area contributed by atoms with Crippen LogP contribution in [0.2, 0.25) is 0 Å². The second kappa shape index (κ2) is 12.2. The highest BCUT2D eigenvalue weighted by molar-refractivity contribution is 5.71. The van der Waals surface area contributed by atoms with E-state index >= 15 is 0 Å². The fourth-order valence-corrected chi connectivity index (χ4v) is 11.8. The molecule has 0 spiro atoms. The highest BCUT2D eigenvalue weighted by atomic mass is 16.7. The lowest BCUT2D eigenvalue weighted by Crippen LogP contribution is -2.67. The van der Waals surface area contributed by atoms with Crippen LogP contribution in [0.25, 0.3) is 0 Å². The second-order valence-corrected chi connectivity index (χ2v) is 17.1. The summed E-state index contributed by atoms with van der Waals surface area (Å²) >= 11 is 0. The molecule has 1 saturated heterocycles. The van der Waals surface area contributed by atoms with Crippen molar-refractivity contribution in [1.82, 2.24) is 0 Å². The number of carbonyl (C=O) groups is 1. The Balaban J connectivity index is 1.37. The van der Waals surface area contributed by atoms with Gasteiger partial charge in [0.2, 0.25) is 0 Å². The third-order valence-electron chi connectivity index (χ3n) is 14.6. The summed E-state index contributed by atoms with van der Waals surface area (Å²) in [5.74, 6) is 0.565. The topological polar surface area (TPSA) is 157 Å². The maximum absolute atomic E-state index is 12.0. The van der Waals surface area contributed by atoms with Crippen molar-refractivity contribution in [2.24, 2.45) is 45.3 Å². The van der Waals surface area contributed by atoms with Gasteiger partial charge in [-0.1, -0.05) is 40.7 Å². The Bertz CT molecular complexity index is 1120. The molecule has 9 heteroatoms. The summed E-state index contributed by atoms with van der Waals surface area (Å²) in [5, 5.41) is 64.8. The van der Waals surface area contributed by atoms with Crippen molar-refractivity contribution in [3.8, 4) is 0 Å². The first-order valence-corrected chi connectivity index (χ1v) is 17.4. The molecule has 258 valence electrons. The molecular weight excluding hydrogens is 576 g/mol. The van der Waals surface area contributed by atoms with Crippen molar-refractivity contribution in [3.05, 3.63) is 11.6 Å². The van der Waals surface area contributed by atoms with Crippen LogP contribution >= 0.6 is 0 Å².